The minimum absolute atomic E-state index is 0.201. The Morgan fingerprint density at radius 2 is 0.908 bits per heavy atom. The number of hydrogen-bond donors (Lipinski definition) is 4. The number of nitrogens with one attached hydrogen (secondary N) is 4. The highest BCUT2D eigenvalue weighted by molar-refractivity contribution is 5.88. The van der Waals surface area contributed by atoms with Gasteiger partial charge in [0.15, 0.2) is 0 Å². The Kier molecular flexibility index (Phi) is 14.3. The molecule has 0 radical (unpaired) electrons. The van der Waals surface area contributed by atoms with Gasteiger partial charge in [0.05, 0.1) is 50.1 Å². The first-order chi connectivity index (χ1) is 37.2. The lowest BCUT2D eigenvalue weighted by Crippen LogP contribution is -2.42. The van der Waals surface area contributed by atoms with Gasteiger partial charge in [0, 0.05) is 13.1 Å². The summed E-state index contributed by atoms with van der Waals surface area (Å²) in [6.07, 6.45) is 9.07. The van der Waals surface area contributed by atoms with Crippen LogP contribution in [0.5, 0.6) is 0 Å². The number of aryl methyl sites for hydroxylation is 4. The van der Waals surface area contributed by atoms with Gasteiger partial charge in [-0.15, -0.1) is 0 Å². The van der Waals surface area contributed by atoms with Crippen LogP contribution in [0.2, 0.25) is 0 Å². The molecule has 14 heteroatoms. The maximum Gasteiger partial charge on any atom is 0.407 e. The normalized spacial score (nSPS) is 16.9. The third-order valence-electron chi connectivity index (χ3n) is 15.3. The number of likely N-dealkylation sites (tertiary alicyclic amines) is 2. The number of carbonyl (C=O) groups is 4. The van der Waals surface area contributed by atoms with Crippen molar-refractivity contribution in [2.45, 2.75) is 75.5 Å². The number of carbonyl (C=O) groups excluding carboxylic acids is 4. The molecule has 4 bridgehead atoms. The topological polar surface area (TPSA) is 175 Å². The Morgan fingerprint density at radius 3 is 1.30 bits per heavy atom. The molecule has 2 fully saturated rings. The molecule has 76 heavy (non-hydrogen) atoms. The second kappa shape index (κ2) is 22.0. The summed E-state index contributed by atoms with van der Waals surface area (Å²) in [6, 6.07) is 47.4. The van der Waals surface area contributed by atoms with Gasteiger partial charge >= 0.3 is 12.2 Å². The average Bonchev–Trinajstić information content (AvgIpc) is 4.33. The summed E-state index contributed by atoms with van der Waals surface area (Å²) in [5, 5.41) is 5.49. The zero-order chi connectivity index (χ0) is 52.1. The Morgan fingerprint density at radius 1 is 0.513 bits per heavy atom. The van der Waals surface area contributed by atoms with Gasteiger partial charge in [-0.1, -0.05) is 146 Å². The van der Waals surface area contributed by atoms with Crippen LogP contribution < -0.4 is 10.6 Å². The van der Waals surface area contributed by atoms with E-state index in [1.165, 1.54) is 47.6 Å². The molecule has 0 spiro atoms. The van der Waals surface area contributed by atoms with Gasteiger partial charge in [0.25, 0.3) is 11.8 Å². The smallest absolute Gasteiger partial charge is 0.407 e. The molecule has 14 nitrogen and oxygen atoms in total. The summed E-state index contributed by atoms with van der Waals surface area (Å²) in [6.45, 7) is 1.12. The lowest BCUT2D eigenvalue weighted by molar-refractivity contribution is -0.135. The summed E-state index contributed by atoms with van der Waals surface area (Å²) in [5.41, 5.74) is 15.1. The molecule has 4 aliphatic carbocycles. The number of hydrogen-bond acceptors (Lipinski definition) is 8. The van der Waals surface area contributed by atoms with Crippen LogP contribution in [0.3, 0.4) is 0 Å². The molecule has 4 N–H and O–H groups in total. The summed E-state index contributed by atoms with van der Waals surface area (Å²) < 4.78 is 9.75. The Labute approximate surface area is 441 Å². The number of nitrogens with zero attached hydrogens (tertiary/aromatic N) is 4. The van der Waals surface area contributed by atoms with Crippen molar-refractivity contribution >= 4 is 24.0 Å². The molecule has 8 aromatic rings. The number of rotatable bonds is 12. The number of amides is 4. The molecule has 0 saturated carbocycles. The van der Waals surface area contributed by atoms with Crippen molar-refractivity contribution in [1.29, 1.82) is 0 Å². The fraction of sp³-hybridized carbons (Fsp3) is 0.258. The highest BCUT2D eigenvalue weighted by atomic mass is 16.5. The third-order valence-corrected chi connectivity index (χ3v) is 15.3. The maximum atomic E-state index is 14.1. The number of aromatic nitrogens is 4. The fourth-order valence-corrected chi connectivity index (χ4v) is 11.2. The van der Waals surface area contributed by atoms with Crippen molar-refractivity contribution in [3.05, 3.63) is 203 Å². The van der Waals surface area contributed by atoms with E-state index in [9.17, 15) is 19.2 Å². The van der Waals surface area contributed by atoms with E-state index in [1.807, 2.05) is 82.9 Å². The molecule has 2 aromatic heterocycles. The molecule has 2 saturated heterocycles. The van der Waals surface area contributed by atoms with Gasteiger partial charge < -0.3 is 39.9 Å². The predicted molar refractivity (Wildman–Crippen MR) is 291 cm³/mol. The lowest BCUT2D eigenvalue weighted by atomic mass is 9.87. The molecule has 4 atom stereocenters. The summed E-state index contributed by atoms with van der Waals surface area (Å²) >= 11 is 0. The van der Waals surface area contributed by atoms with Crippen LogP contribution in [0.1, 0.15) is 94.9 Å². The van der Waals surface area contributed by atoms with Crippen LogP contribution in [-0.4, -0.2) is 81.0 Å². The molecule has 6 aliphatic rings. The molecule has 4 heterocycles. The van der Waals surface area contributed by atoms with Gasteiger partial charge in [0.2, 0.25) is 0 Å². The number of methoxy groups -OCH3 is 2. The number of benzene rings is 6. The second-order valence-electron chi connectivity index (χ2n) is 19.8. The molecule has 14 rings (SSSR count). The molecular weight excluding hydrogens is 953 g/mol. The summed E-state index contributed by atoms with van der Waals surface area (Å²) in [5.74, 6) is 1.04. The number of aromatic amines is 2. The monoisotopic (exact) mass is 1010 g/mol. The van der Waals surface area contributed by atoms with Gasteiger partial charge in [-0.05, 0) is 118 Å². The van der Waals surface area contributed by atoms with Crippen LogP contribution in [-0.2, 0) is 44.7 Å². The van der Waals surface area contributed by atoms with E-state index in [2.05, 4.69) is 106 Å². The van der Waals surface area contributed by atoms with Gasteiger partial charge in [-0.3, -0.25) is 9.59 Å². The zero-order valence-electron chi connectivity index (χ0n) is 42.6. The number of alkyl carbamates (subject to hydrolysis) is 2. The van der Waals surface area contributed by atoms with E-state index < -0.39 is 24.3 Å². The third kappa shape index (κ3) is 10.3. The lowest BCUT2D eigenvalue weighted by Gasteiger charge is -2.28. The van der Waals surface area contributed by atoms with E-state index in [1.54, 1.807) is 0 Å². The van der Waals surface area contributed by atoms with Gasteiger partial charge in [0.1, 0.15) is 23.7 Å². The summed E-state index contributed by atoms with van der Waals surface area (Å²) in [7, 11) is 2.59. The number of ether oxygens (including phenoxy) is 2. The van der Waals surface area contributed by atoms with E-state index >= 15 is 0 Å². The maximum absolute atomic E-state index is 14.1. The fourth-order valence-electron chi connectivity index (χ4n) is 11.2. The first-order valence-electron chi connectivity index (χ1n) is 26.2. The molecule has 6 aromatic carbocycles. The Bertz CT molecular complexity index is 3150. The van der Waals surface area contributed by atoms with Crippen molar-refractivity contribution in [2.75, 3.05) is 27.3 Å². The van der Waals surface area contributed by atoms with Crippen molar-refractivity contribution in [1.82, 2.24) is 40.4 Å². The van der Waals surface area contributed by atoms with E-state index in [0.717, 1.165) is 96.7 Å². The Balaban J connectivity index is 0.762. The molecule has 4 unspecified atom stereocenters. The molecule has 384 valence electrons. The minimum Gasteiger partial charge on any atom is -0.453 e. The van der Waals surface area contributed by atoms with E-state index in [0.29, 0.717) is 24.2 Å². The zero-order valence-corrected chi connectivity index (χ0v) is 42.6. The second-order valence-corrected chi connectivity index (χ2v) is 19.8. The minimum atomic E-state index is -0.881. The predicted octanol–water partition coefficient (Wildman–Crippen LogP) is 11.2. The first-order valence-corrected chi connectivity index (χ1v) is 26.2. The average molecular weight is 1010 g/mol. The molecular formula is C62H60N8O6. The highest BCUT2D eigenvalue weighted by Gasteiger charge is 2.39. The SMILES string of the molecule is COC(=O)NC(C(=O)N1CCCC1c1ncc(-c2ccc(-c3cc4ccc3CCc3ccc(c(-c5ccc(-c6cnc(C7CCCN7C(=O)C(NC(=O)OC)c7ccccc7)[nH]6)cc5)c3)CC4)cc2)[nH]1)c1ccccc1. The number of H-pyrrole nitrogens is 2. The van der Waals surface area contributed by atoms with Crippen LogP contribution in [0, 0.1) is 0 Å². The van der Waals surface area contributed by atoms with Crippen LogP contribution in [0.25, 0.3) is 44.8 Å². The standard InChI is InChI=1S/C62H60N8O6/c1-75-61(73)67-55(47-11-5-3-6-12-47)59(71)69-33-9-15-53(69)57-63-37-51(65-57)45-29-25-43(26-30-45)49-35-39-17-21-41(49)23-19-40-18-22-42(24-20-39)50(36-40)44-27-31-46(32-28-44)52-38-64-58(66-52)54-16-10-34-70(54)60(72)56(68-62(74)76-2)48-13-7-4-8-14-48/h3-8,11-14,17-18,21-22,25-32,35-38,53-56H,9-10,15-16,19-20,23-24,33-34H2,1-2H3,(H,63,65)(H,64,66)(H,67,73)(H,68,74). The largest absolute Gasteiger partial charge is 0.453 e. The van der Waals surface area contributed by atoms with Gasteiger partial charge in [-0.2, -0.15) is 0 Å². The first kappa shape index (κ1) is 49.4. The van der Waals surface area contributed by atoms with Crippen LogP contribution in [0.15, 0.2) is 158 Å². The summed E-state index contributed by atoms with van der Waals surface area (Å²) in [4.78, 5) is 73.1. The van der Waals surface area contributed by atoms with E-state index in [-0.39, 0.29) is 23.9 Å². The van der Waals surface area contributed by atoms with Crippen molar-refractivity contribution < 1.29 is 28.7 Å². The van der Waals surface area contributed by atoms with Crippen LogP contribution in [0.4, 0.5) is 9.59 Å². The Hall–Kier alpha value is -8.78. The van der Waals surface area contributed by atoms with Crippen molar-refractivity contribution in [3.8, 4) is 44.8 Å². The highest BCUT2D eigenvalue weighted by Crippen LogP contribution is 2.38. The quantitative estimate of drug-likeness (QED) is 0.0935. The van der Waals surface area contributed by atoms with E-state index in [4.69, 9.17) is 19.4 Å². The molecule has 2 aliphatic heterocycles. The van der Waals surface area contributed by atoms with Gasteiger partial charge in [-0.25, -0.2) is 19.6 Å². The van der Waals surface area contributed by atoms with Crippen molar-refractivity contribution in [3.63, 3.8) is 0 Å². The van der Waals surface area contributed by atoms with Crippen molar-refractivity contribution in [2.24, 2.45) is 0 Å². The molecule has 4 amide bonds. The number of imidazole rings is 2. The van der Waals surface area contributed by atoms with Crippen LogP contribution >= 0.6 is 0 Å².